The third-order valence-corrected chi connectivity index (χ3v) is 12.7. The Bertz CT molecular complexity index is 3110. The topological polar surface area (TPSA) is 19.6 Å². The molecule has 0 N–H and O–H groups in total. The quantitative estimate of drug-likeness (QED) is 0.162. The van der Waals surface area contributed by atoms with Gasteiger partial charge in [-0.15, -0.1) is 11.3 Å². The van der Waals surface area contributed by atoms with Crippen molar-refractivity contribution in [1.29, 1.82) is 0 Å². The van der Waals surface area contributed by atoms with Crippen LogP contribution in [0.3, 0.4) is 0 Å². The van der Waals surface area contributed by atoms with Gasteiger partial charge in [0.25, 0.3) is 0 Å². The lowest BCUT2D eigenvalue weighted by molar-refractivity contribution is 0.678. The van der Waals surface area contributed by atoms with Crippen molar-refractivity contribution < 1.29 is 4.42 Å². The molecule has 0 amide bonds. The highest BCUT2D eigenvalue weighted by atomic mass is 32.1. The summed E-state index contributed by atoms with van der Waals surface area (Å²) in [5.74, 6) is 0. The summed E-state index contributed by atoms with van der Waals surface area (Å²) in [6.07, 6.45) is 0. The van der Waals surface area contributed by atoms with Crippen molar-refractivity contribution in [2.24, 2.45) is 0 Å². The van der Waals surface area contributed by atoms with Crippen LogP contribution in [0.15, 0.2) is 199 Å². The molecule has 3 heterocycles. The second-order valence-electron chi connectivity index (χ2n) is 13.8. The van der Waals surface area contributed by atoms with Crippen LogP contribution in [0.4, 0.5) is 34.1 Å². The van der Waals surface area contributed by atoms with E-state index in [0.29, 0.717) is 0 Å². The Morgan fingerprint density at radius 3 is 1.60 bits per heavy atom. The minimum absolute atomic E-state index is 0.897. The lowest BCUT2D eigenvalue weighted by Crippen LogP contribution is -2.09. The van der Waals surface area contributed by atoms with Gasteiger partial charge in [0.05, 0.1) is 0 Å². The molecule has 8 aromatic carbocycles. The number of furan rings is 1. The second kappa shape index (κ2) is 13.0. The molecule has 0 aliphatic heterocycles. The average molecular weight is 741 g/mol. The molecule has 0 radical (unpaired) electrons. The van der Waals surface area contributed by atoms with Gasteiger partial charge in [0, 0.05) is 75.2 Å². The van der Waals surface area contributed by atoms with E-state index >= 15 is 0 Å². The first-order valence-electron chi connectivity index (χ1n) is 18.4. The fourth-order valence-electron chi connectivity index (χ4n) is 7.91. The molecule has 11 rings (SSSR count). The molecule has 0 saturated heterocycles. The van der Waals surface area contributed by atoms with Gasteiger partial charge < -0.3 is 14.2 Å². The monoisotopic (exact) mass is 740 g/mol. The molecule has 0 fully saturated rings. The zero-order chi connectivity index (χ0) is 36.3. The van der Waals surface area contributed by atoms with Gasteiger partial charge in [-0.3, -0.25) is 0 Å². The maximum absolute atomic E-state index is 6.58. The van der Waals surface area contributed by atoms with Crippen molar-refractivity contribution in [3.05, 3.63) is 194 Å². The van der Waals surface area contributed by atoms with E-state index in [4.69, 9.17) is 4.42 Å². The zero-order valence-corrected chi connectivity index (χ0v) is 31.2. The number of fused-ring (bicyclic) bond motifs is 8. The first-order chi connectivity index (χ1) is 27.2. The highest BCUT2D eigenvalue weighted by Gasteiger charge is 2.21. The Morgan fingerprint density at radius 2 is 0.855 bits per heavy atom. The van der Waals surface area contributed by atoms with E-state index in [0.717, 1.165) is 55.4 Å². The van der Waals surface area contributed by atoms with Crippen molar-refractivity contribution >= 4 is 108 Å². The molecule has 0 saturated carbocycles. The van der Waals surface area contributed by atoms with Crippen LogP contribution in [0.1, 0.15) is 0 Å². The molecule has 11 aromatic rings. The summed E-state index contributed by atoms with van der Waals surface area (Å²) >= 11 is 3.57. The summed E-state index contributed by atoms with van der Waals surface area (Å²) in [5.41, 5.74) is 9.94. The smallest absolute Gasteiger partial charge is 0.190 e. The summed E-state index contributed by atoms with van der Waals surface area (Å²) in [6.45, 7) is 0. The molecular formula is C50H32N2OS2. The van der Waals surface area contributed by atoms with E-state index in [2.05, 4.69) is 204 Å². The first kappa shape index (κ1) is 31.8. The number of thiophene rings is 2. The van der Waals surface area contributed by atoms with Crippen LogP contribution in [0.25, 0.3) is 62.6 Å². The van der Waals surface area contributed by atoms with Gasteiger partial charge in [0.1, 0.15) is 5.58 Å². The van der Waals surface area contributed by atoms with Crippen LogP contribution in [-0.2, 0) is 0 Å². The standard InChI is InChI=1S/C50H32N2OS2/c1-4-12-33(13-5-1)34-20-22-37(23-21-34)52(39-26-29-47-43(30-39)41-18-10-11-19-46(41)54-47)40-24-27-42-48(32-40)55-50-49(42)44-31-38(25-28-45(44)53-50)51(35-14-6-2-7-15-35)36-16-8-3-9-17-36/h1-32H. The Kier molecular flexibility index (Phi) is 7.54. The van der Waals surface area contributed by atoms with E-state index in [1.54, 1.807) is 11.3 Å². The van der Waals surface area contributed by atoms with Crippen molar-refractivity contribution in [3.8, 4) is 11.1 Å². The number of benzene rings is 8. The molecule has 0 spiro atoms. The van der Waals surface area contributed by atoms with Crippen LogP contribution in [0, 0.1) is 0 Å². The molecule has 0 unspecified atom stereocenters. The summed E-state index contributed by atoms with van der Waals surface area (Å²) in [7, 11) is 0. The number of hydrogen-bond acceptors (Lipinski definition) is 5. The Morgan fingerprint density at radius 1 is 0.327 bits per heavy atom. The van der Waals surface area contributed by atoms with E-state index < -0.39 is 0 Å². The van der Waals surface area contributed by atoms with E-state index in [9.17, 15) is 0 Å². The first-order valence-corrected chi connectivity index (χ1v) is 20.0. The SMILES string of the molecule is c1ccc(-c2ccc(N(c3ccc4c(c3)sc3oc5ccc(N(c6ccccc6)c6ccccc6)cc5c34)c3ccc4sc5ccccc5c4c3)cc2)cc1. The van der Waals surface area contributed by atoms with Gasteiger partial charge in [-0.2, -0.15) is 0 Å². The molecule has 260 valence electrons. The molecule has 0 aliphatic carbocycles. The zero-order valence-electron chi connectivity index (χ0n) is 29.6. The highest BCUT2D eigenvalue weighted by Crippen LogP contribution is 2.47. The van der Waals surface area contributed by atoms with Crippen molar-refractivity contribution in [1.82, 2.24) is 0 Å². The number of hydrogen-bond donors (Lipinski definition) is 0. The Balaban J connectivity index is 1.06. The van der Waals surface area contributed by atoms with Crippen LogP contribution < -0.4 is 9.80 Å². The molecule has 5 heteroatoms. The second-order valence-corrected chi connectivity index (χ2v) is 15.9. The minimum atomic E-state index is 0.897. The fourth-order valence-corrected chi connectivity index (χ4v) is 10.1. The third-order valence-electron chi connectivity index (χ3n) is 10.5. The number of rotatable bonds is 7. The summed E-state index contributed by atoms with van der Waals surface area (Å²) in [6, 6.07) is 69.6. The van der Waals surface area contributed by atoms with Gasteiger partial charge in [-0.25, -0.2) is 0 Å². The molecule has 0 atom stereocenters. The Hall–Kier alpha value is -6.66. The van der Waals surface area contributed by atoms with Gasteiger partial charge in [-0.05, 0) is 102 Å². The lowest BCUT2D eigenvalue weighted by atomic mass is 10.0. The van der Waals surface area contributed by atoms with Crippen molar-refractivity contribution in [3.63, 3.8) is 0 Å². The van der Waals surface area contributed by atoms with Gasteiger partial charge in [-0.1, -0.05) is 114 Å². The maximum Gasteiger partial charge on any atom is 0.190 e. The highest BCUT2D eigenvalue weighted by molar-refractivity contribution is 7.26. The molecule has 3 aromatic heterocycles. The lowest BCUT2D eigenvalue weighted by Gasteiger charge is -2.26. The maximum atomic E-state index is 6.58. The summed E-state index contributed by atoms with van der Waals surface area (Å²) < 4.78 is 10.4. The molecule has 0 bridgehead atoms. The number of anilines is 6. The van der Waals surface area contributed by atoms with Gasteiger partial charge >= 0.3 is 0 Å². The van der Waals surface area contributed by atoms with Gasteiger partial charge in [0.2, 0.25) is 0 Å². The van der Waals surface area contributed by atoms with E-state index in [1.807, 2.05) is 11.3 Å². The number of para-hydroxylation sites is 2. The van der Waals surface area contributed by atoms with Crippen LogP contribution in [-0.4, -0.2) is 0 Å². The summed E-state index contributed by atoms with van der Waals surface area (Å²) in [5, 5.41) is 6.05. The third kappa shape index (κ3) is 5.47. The van der Waals surface area contributed by atoms with Crippen molar-refractivity contribution in [2.75, 3.05) is 9.80 Å². The van der Waals surface area contributed by atoms with Crippen LogP contribution in [0.2, 0.25) is 0 Å². The summed E-state index contributed by atoms with van der Waals surface area (Å²) in [4.78, 5) is 5.63. The molecule has 0 aliphatic rings. The van der Waals surface area contributed by atoms with Crippen molar-refractivity contribution in [2.45, 2.75) is 0 Å². The minimum Gasteiger partial charge on any atom is -0.445 e. The largest absolute Gasteiger partial charge is 0.445 e. The molecular weight excluding hydrogens is 709 g/mol. The van der Waals surface area contributed by atoms with Gasteiger partial charge in [0.15, 0.2) is 4.90 Å². The predicted octanol–water partition coefficient (Wildman–Crippen LogP) is 15.8. The van der Waals surface area contributed by atoms with Crippen LogP contribution in [0.5, 0.6) is 0 Å². The molecule has 3 nitrogen and oxygen atoms in total. The number of nitrogens with zero attached hydrogens (tertiary/aromatic N) is 2. The Labute approximate surface area is 326 Å². The molecule has 55 heavy (non-hydrogen) atoms. The average Bonchev–Trinajstić information content (AvgIpc) is 3.92. The van der Waals surface area contributed by atoms with Crippen LogP contribution >= 0.6 is 22.7 Å². The fraction of sp³-hybridized carbons (Fsp3) is 0. The van der Waals surface area contributed by atoms with E-state index in [-0.39, 0.29) is 0 Å². The van der Waals surface area contributed by atoms with E-state index in [1.165, 1.54) is 41.4 Å². The predicted molar refractivity (Wildman–Crippen MR) is 237 cm³/mol. The normalized spacial score (nSPS) is 11.6.